The fourth-order valence-electron chi connectivity index (χ4n) is 2.23. The molecule has 2 rings (SSSR count). The molecule has 1 atom stereocenters. The average Bonchev–Trinajstić information content (AvgIpc) is 2.87. The number of esters is 1. The Kier molecular flexibility index (Phi) is 6.12. The molecule has 1 fully saturated rings. The number of carbonyl (C=O) groups excluding carboxylic acids is 3. The zero-order valence-electron chi connectivity index (χ0n) is 14.0. The summed E-state index contributed by atoms with van der Waals surface area (Å²) in [4.78, 5) is 37.4. The molecule has 1 aromatic rings. The van der Waals surface area contributed by atoms with Gasteiger partial charge in [0.25, 0.3) is 11.1 Å². The summed E-state index contributed by atoms with van der Waals surface area (Å²) >= 11 is 4.13. The molecule has 1 aliphatic rings. The highest BCUT2D eigenvalue weighted by Crippen LogP contribution is 2.38. The molecule has 7 nitrogen and oxygen atoms in total. The van der Waals surface area contributed by atoms with E-state index in [1.54, 1.807) is 12.1 Å². The lowest BCUT2D eigenvalue weighted by atomic mass is 10.1. The van der Waals surface area contributed by atoms with Crippen LogP contribution in [0.3, 0.4) is 0 Å². The van der Waals surface area contributed by atoms with Crippen LogP contribution in [0.1, 0.15) is 12.5 Å². The molecule has 0 bridgehead atoms. The van der Waals surface area contributed by atoms with E-state index in [1.807, 2.05) is 0 Å². The van der Waals surface area contributed by atoms with Gasteiger partial charge in [-0.3, -0.25) is 14.5 Å². The molecule has 0 radical (unpaired) electrons. The molecule has 1 saturated heterocycles. The molecule has 1 aromatic carbocycles. The number of ether oxygens (including phenoxy) is 3. The van der Waals surface area contributed by atoms with E-state index >= 15 is 0 Å². The van der Waals surface area contributed by atoms with E-state index in [1.165, 1.54) is 34.3 Å². The summed E-state index contributed by atoms with van der Waals surface area (Å²) in [6.45, 7) is 1.44. The van der Waals surface area contributed by atoms with Crippen LogP contribution < -0.4 is 9.47 Å². The van der Waals surface area contributed by atoms with Crippen LogP contribution in [0, 0.1) is 0 Å². The molecular weight excluding hydrogens is 414 g/mol. The Labute approximate surface area is 157 Å². The van der Waals surface area contributed by atoms with Crippen molar-refractivity contribution in [3.63, 3.8) is 0 Å². The van der Waals surface area contributed by atoms with Crippen molar-refractivity contribution in [2.45, 2.75) is 13.0 Å². The topological polar surface area (TPSA) is 82.1 Å². The Morgan fingerprint density at radius 2 is 1.84 bits per heavy atom. The number of methoxy groups -OCH3 is 3. The molecule has 1 heterocycles. The molecule has 25 heavy (non-hydrogen) atoms. The average molecular weight is 430 g/mol. The number of nitrogens with zero attached hydrogens (tertiary/aromatic N) is 1. The van der Waals surface area contributed by atoms with Crippen molar-refractivity contribution in [1.82, 2.24) is 4.90 Å². The van der Waals surface area contributed by atoms with E-state index < -0.39 is 23.2 Å². The molecule has 2 amide bonds. The molecule has 1 aliphatic heterocycles. The summed E-state index contributed by atoms with van der Waals surface area (Å²) in [7, 11) is 4.22. The van der Waals surface area contributed by atoms with Crippen LogP contribution in [0.25, 0.3) is 6.08 Å². The van der Waals surface area contributed by atoms with Gasteiger partial charge in [0, 0.05) is 11.6 Å². The third-order valence-corrected chi connectivity index (χ3v) is 5.05. The number of hydrogen-bond donors (Lipinski definition) is 0. The second-order valence-electron chi connectivity index (χ2n) is 4.98. The molecule has 0 unspecified atom stereocenters. The number of halogens is 1. The lowest BCUT2D eigenvalue weighted by Crippen LogP contribution is -2.42. The molecule has 0 saturated carbocycles. The van der Waals surface area contributed by atoms with E-state index in [0.29, 0.717) is 21.5 Å². The number of amides is 2. The summed E-state index contributed by atoms with van der Waals surface area (Å²) < 4.78 is 15.8. The SMILES string of the molecule is COC(=O)[C@@H](C)N1C(=O)S/C(=C/c2cc(Br)c(OC)cc2OC)C1=O. The third-order valence-electron chi connectivity index (χ3n) is 3.54. The van der Waals surface area contributed by atoms with Crippen molar-refractivity contribution in [3.8, 4) is 11.5 Å². The number of rotatable bonds is 5. The van der Waals surface area contributed by atoms with Crippen LogP contribution >= 0.6 is 27.7 Å². The van der Waals surface area contributed by atoms with Crippen molar-refractivity contribution >= 4 is 50.9 Å². The maximum Gasteiger partial charge on any atom is 0.328 e. The van der Waals surface area contributed by atoms with Crippen LogP contribution in [-0.2, 0) is 14.3 Å². The van der Waals surface area contributed by atoms with E-state index in [9.17, 15) is 14.4 Å². The fourth-order valence-corrected chi connectivity index (χ4v) is 3.65. The van der Waals surface area contributed by atoms with Crippen LogP contribution in [-0.4, -0.2) is 49.4 Å². The maximum atomic E-state index is 12.5. The third kappa shape index (κ3) is 3.82. The van der Waals surface area contributed by atoms with Crippen molar-refractivity contribution in [2.24, 2.45) is 0 Å². The molecule has 0 N–H and O–H groups in total. The van der Waals surface area contributed by atoms with E-state index in [-0.39, 0.29) is 4.91 Å². The fraction of sp³-hybridized carbons (Fsp3) is 0.312. The van der Waals surface area contributed by atoms with Crippen molar-refractivity contribution < 1.29 is 28.6 Å². The van der Waals surface area contributed by atoms with Crippen molar-refractivity contribution in [3.05, 3.63) is 27.1 Å². The lowest BCUT2D eigenvalue weighted by molar-refractivity contribution is -0.148. The highest BCUT2D eigenvalue weighted by molar-refractivity contribution is 9.10. The van der Waals surface area contributed by atoms with Gasteiger partial charge in [0.1, 0.15) is 17.5 Å². The molecular formula is C16H16BrNO6S. The monoisotopic (exact) mass is 429 g/mol. The minimum absolute atomic E-state index is 0.191. The smallest absolute Gasteiger partial charge is 0.328 e. The second kappa shape index (κ2) is 7.92. The molecule has 134 valence electrons. The van der Waals surface area contributed by atoms with Crippen molar-refractivity contribution in [2.75, 3.05) is 21.3 Å². The normalized spacial score (nSPS) is 17.0. The van der Waals surface area contributed by atoms with Gasteiger partial charge in [0.05, 0.1) is 30.7 Å². The van der Waals surface area contributed by atoms with E-state index in [4.69, 9.17) is 9.47 Å². The van der Waals surface area contributed by atoms with E-state index in [2.05, 4.69) is 20.7 Å². The number of hydrogen-bond acceptors (Lipinski definition) is 7. The predicted octanol–water partition coefficient (Wildman–Crippen LogP) is 3.06. The van der Waals surface area contributed by atoms with Gasteiger partial charge < -0.3 is 14.2 Å². The number of carbonyl (C=O) groups is 3. The van der Waals surface area contributed by atoms with Gasteiger partial charge in [-0.2, -0.15) is 0 Å². The largest absolute Gasteiger partial charge is 0.496 e. The summed E-state index contributed by atoms with van der Waals surface area (Å²) in [5, 5.41) is -0.527. The van der Waals surface area contributed by atoms with Gasteiger partial charge in [-0.05, 0) is 46.8 Å². The number of imide groups is 1. The Morgan fingerprint density at radius 1 is 1.20 bits per heavy atom. The van der Waals surface area contributed by atoms with Crippen LogP contribution in [0.4, 0.5) is 4.79 Å². The minimum Gasteiger partial charge on any atom is -0.496 e. The van der Waals surface area contributed by atoms with Crippen LogP contribution in [0.15, 0.2) is 21.5 Å². The number of benzene rings is 1. The first-order valence-electron chi connectivity index (χ1n) is 7.10. The van der Waals surface area contributed by atoms with Crippen LogP contribution in [0.2, 0.25) is 0 Å². The first kappa shape index (κ1) is 19.3. The first-order valence-corrected chi connectivity index (χ1v) is 8.71. The first-order chi connectivity index (χ1) is 11.8. The van der Waals surface area contributed by atoms with Gasteiger partial charge in [0.2, 0.25) is 0 Å². The predicted molar refractivity (Wildman–Crippen MR) is 96.5 cm³/mol. The molecule has 0 aliphatic carbocycles. The Hall–Kier alpha value is -2.00. The van der Waals surface area contributed by atoms with Crippen LogP contribution in [0.5, 0.6) is 11.5 Å². The Morgan fingerprint density at radius 3 is 2.40 bits per heavy atom. The van der Waals surface area contributed by atoms with Gasteiger partial charge in [-0.25, -0.2) is 4.79 Å². The highest BCUT2D eigenvalue weighted by Gasteiger charge is 2.41. The zero-order chi connectivity index (χ0) is 18.7. The summed E-state index contributed by atoms with van der Waals surface area (Å²) in [6.07, 6.45) is 1.54. The molecule has 9 heteroatoms. The quantitative estimate of drug-likeness (QED) is 0.525. The second-order valence-corrected chi connectivity index (χ2v) is 6.83. The zero-order valence-corrected chi connectivity index (χ0v) is 16.4. The number of thioether (sulfide) groups is 1. The van der Waals surface area contributed by atoms with Crippen molar-refractivity contribution in [1.29, 1.82) is 0 Å². The van der Waals surface area contributed by atoms with Gasteiger partial charge in [-0.15, -0.1) is 0 Å². The lowest BCUT2D eigenvalue weighted by Gasteiger charge is -2.18. The Bertz CT molecular complexity index is 763. The molecule has 0 spiro atoms. The highest BCUT2D eigenvalue weighted by atomic mass is 79.9. The van der Waals surface area contributed by atoms with Gasteiger partial charge in [-0.1, -0.05) is 0 Å². The minimum atomic E-state index is -0.993. The summed E-state index contributed by atoms with van der Waals surface area (Å²) in [6, 6.07) is 2.39. The van der Waals surface area contributed by atoms with Gasteiger partial charge >= 0.3 is 5.97 Å². The van der Waals surface area contributed by atoms with Gasteiger partial charge in [0.15, 0.2) is 0 Å². The van der Waals surface area contributed by atoms with E-state index in [0.717, 1.165) is 16.7 Å². The summed E-state index contributed by atoms with van der Waals surface area (Å²) in [5.41, 5.74) is 0.589. The molecule has 0 aromatic heterocycles. The summed E-state index contributed by atoms with van der Waals surface area (Å²) in [5.74, 6) is -0.163. The maximum absolute atomic E-state index is 12.5. The standard InChI is InChI=1S/C16H16BrNO6S/c1-8(15(20)24-4)18-14(19)13(25-16(18)21)6-9-5-10(17)12(23-3)7-11(9)22-2/h5-8H,1-4H3/b13-6+/t8-/m1/s1. The Balaban J connectivity index is 2.40.